The van der Waals surface area contributed by atoms with Crippen molar-refractivity contribution >= 4 is 5.69 Å². The molecule has 0 aliphatic carbocycles. The second kappa shape index (κ2) is 3.42. The molecule has 0 atom stereocenters. The molecule has 2 heterocycles. The van der Waals surface area contributed by atoms with Gasteiger partial charge in [0.15, 0.2) is 0 Å². The first-order valence-corrected chi connectivity index (χ1v) is 6.34. The average molecular weight is 254 g/mol. The van der Waals surface area contributed by atoms with Crippen LogP contribution in [0.2, 0.25) is 0 Å². The molecule has 2 aliphatic heterocycles. The van der Waals surface area contributed by atoms with Crippen LogP contribution in [0.4, 0.5) is 5.69 Å². The lowest BCUT2D eigenvalue weighted by Gasteiger charge is -2.48. The summed E-state index contributed by atoms with van der Waals surface area (Å²) in [5.74, 6) is 0.546. The molecule has 0 saturated carbocycles. The monoisotopic (exact) mass is 254 g/mol. The Hall–Kier alpha value is -2.20. The maximum Gasteiger partial charge on any atom is 0.117 e. The smallest absolute Gasteiger partial charge is 0.117 e. The van der Waals surface area contributed by atoms with Gasteiger partial charge < -0.3 is 20.8 Å². The summed E-state index contributed by atoms with van der Waals surface area (Å²) < 4.78 is 0. The van der Waals surface area contributed by atoms with E-state index in [-0.39, 0.29) is 17.0 Å². The van der Waals surface area contributed by atoms with Gasteiger partial charge in [0.05, 0.1) is 5.54 Å². The third-order valence-electron chi connectivity index (χ3n) is 4.04. The van der Waals surface area contributed by atoms with Gasteiger partial charge in [-0.25, -0.2) is 0 Å². The van der Waals surface area contributed by atoms with Gasteiger partial charge in [-0.3, -0.25) is 0 Å². The molecule has 2 aliphatic rings. The highest BCUT2D eigenvalue weighted by atomic mass is 16.3. The number of hydrogen-bond acceptors (Lipinski definition) is 4. The van der Waals surface area contributed by atoms with Crippen molar-refractivity contribution in [3.8, 4) is 22.6 Å². The van der Waals surface area contributed by atoms with Crippen molar-refractivity contribution in [2.75, 3.05) is 18.4 Å². The van der Waals surface area contributed by atoms with Crippen LogP contribution in [0, 0.1) is 0 Å². The van der Waals surface area contributed by atoms with Crippen LogP contribution < -0.4 is 10.6 Å². The summed E-state index contributed by atoms with van der Waals surface area (Å²) in [6.45, 7) is 1.64. The summed E-state index contributed by atoms with van der Waals surface area (Å²) >= 11 is 0. The van der Waals surface area contributed by atoms with Crippen molar-refractivity contribution in [1.82, 2.24) is 5.32 Å². The summed E-state index contributed by atoms with van der Waals surface area (Å²) in [6, 6.07) is 10.8. The molecule has 2 aromatic rings. The van der Waals surface area contributed by atoms with Crippen LogP contribution in [0.1, 0.15) is 5.56 Å². The number of anilines is 1. The fourth-order valence-corrected chi connectivity index (χ4v) is 3.01. The normalized spacial score (nSPS) is 18.1. The minimum atomic E-state index is -0.172. The van der Waals surface area contributed by atoms with Crippen LogP contribution in [0.25, 0.3) is 11.1 Å². The van der Waals surface area contributed by atoms with Crippen LogP contribution >= 0.6 is 0 Å². The van der Waals surface area contributed by atoms with Crippen LogP contribution in [0.5, 0.6) is 11.5 Å². The molecule has 1 spiro atoms. The predicted octanol–water partition coefficient (Wildman–Crippen LogP) is 1.99. The number of fused-ring (bicyclic) bond motifs is 4. The lowest BCUT2D eigenvalue weighted by Crippen LogP contribution is -2.62. The topological polar surface area (TPSA) is 64.5 Å². The first-order valence-electron chi connectivity index (χ1n) is 6.34. The Morgan fingerprint density at radius 3 is 2.26 bits per heavy atom. The quantitative estimate of drug-likeness (QED) is 0.580. The van der Waals surface area contributed by atoms with Crippen molar-refractivity contribution in [2.45, 2.75) is 5.54 Å². The van der Waals surface area contributed by atoms with Gasteiger partial charge in [0.25, 0.3) is 0 Å². The minimum Gasteiger partial charge on any atom is -0.508 e. The Balaban J connectivity index is 2.00. The van der Waals surface area contributed by atoms with E-state index in [0.29, 0.717) is 0 Å². The molecule has 4 heteroatoms. The van der Waals surface area contributed by atoms with Gasteiger partial charge in [0.2, 0.25) is 0 Å². The van der Waals surface area contributed by atoms with Gasteiger partial charge in [-0.2, -0.15) is 0 Å². The highest BCUT2D eigenvalue weighted by Gasteiger charge is 2.43. The van der Waals surface area contributed by atoms with Gasteiger partial charge in [-0.1, -0.05) is 6.07 Å². The number of rotatable bonds is 0. The molecule has 0 unspecified atom stereocenters. The predicted molar refractivity (Wildman–Crippen MR) is 73.4 cm³/mol. The fraction of sp³-hybridized carbons (Fsp3) is 0.200. The average Bonchev–Trinajstić information content (AvgIpc) is 2.35. The summed E-state index contributed by atoms with van der Waals surface area (Å²) in [6.07, 6.45) is 0. The number of phenolic OH excluding ortho intramolecular Hbond substituents is 2. The zero-order valence-electron chi connectivity index (χ0n) is 10.3. The Labute approximate surface area is 110 Å². The van der Waals surface area contributed by atoms with Gasteiger partial charge in [-0.15, -0.1) is 0 Å². The van der Waals surface area contributed by atoms with Crippen molar-refractivity contribution in [2.24, 2.45) is 0 Å². The minimum absolute atomic E-state index is 0.172. The SMILES string of the molecule is Oc1ccc2c(c1)NC1(CNC1)c1cc(O)ccc1-2. The van der Waals surface area contributed by atoms with Crippen molar-refractivity contribution in [1.29, 1.82) is 0 Å². The maximum atomic E-state index is 9.74. The molecule has 19 heavy (non-hydrogen) atoms. The van der Waals surface area contributed by atoms with Gasteiger partial charge >= 0.3 is 0 Å². The molecule has 4 N–H and O–H groups in total. The Bertz CT molecular complexity index is 678. The number of benzene rings is 2. The summed E-state index contributed by atoms with van der Waals surface area (Å²) in [7, 11) is 0. The lowest BCUT2D eigenvalue weighted by molar-refractivity contribution is 0.315. The first kappa shape index (κ1) is 10.7. The fourth-order valence-electron chi connectivity index (χ4n) is 3.01. The molecule has 0 bridgehead atoms. The molecule has 96 valence electrons. The zero-order valence-corrected chi connectivity index (χ0v) is 10.3. The standard InChI is InChI=1S/C15H14N2O2/c18-9-1-3-11-12-4-2-10(19)6-14(12)17-15(7-16-8-15)13(11)5-9/h1-6,16-19H,7-8H2. The molecule has 0 aromatic heterocycles. The molecule has 2 aromatic carbocycles. The molecular weight excluding hydrogens is 240 g/mol. The van der Waals surface area contributed by atoms with Gasteiger partial charge in [0, 0.05) is 30.4 Å². The second-order valence-electron chi connectivity index (χ2n) is 5.27. The van der Waals surface area contributed by atoms with E-state index in [1.165, 1.54) is 0 Å². The third kappa shape index (κ3) is 1.37. The maximum absolute atomic E-state index is 9.74. The van der Waals surface area contributed by atoms with E-state index in [2.05, 4.69) is 10.6 Å². The number of hydrogen-bond donors (Lipinski definition) is 4. The van der Waals surface area contributed by atoms with Gasteiger partial charge in [-0.05, 0) is 35.4 Å². The molecule has 0 radical (unpaired) electrons. The molecule has 1 fully saturated rings. The van der Waals surface area contributed by atoms with E-state index in [0.717, 1.165) is 35.5 Å². The Morgan fingerprint density at radius 2 is 1.58 bits per heavy atom. The van der Waals surface area contributed by atoms with E-state index in [9.17, 15) is 10.2 Å². The molecule has 4 nitrogen and oxygen atoms in total. The van der Waals surface area contributed by atoms with Crippen molar-refractivity contribution in [3.05, 3.63) is 42.0 Å². The van der Waals surface area contributed by atoms with Crippen LogP contribution in [-0.2, 0) is 5.54 Å². The zero-order chi connectivity index (χ0) is 13.0. The Kier molecular flexibility index (Phi) is 1.93. The van der Waals surface area contributed by atoms with Crippen LogP contribution in [0.15, 0.2) is 36.4 Å². The van der Waals surface area contributed by atoms with Crippen LogP contribution in [-0.4, -0.2) is 23.3 Å². The van der Waals surface area contributed by atoms with Crippen molar-refractivity contribution in [3.63, 3.8) is 0 Å². The number of nitrogens with one attached hydrogen (secondary N) is 2. The lowest BCUT2D eigenvalue weighted by atomic mass is 9.76. The van der Waals surface area contributed by atoms with Gasteiger partial charge in [0.1, 0.15) is 11.5 Å². The van der Waals surface area contributed by atoms with E-state index in [4.69, 9.17) is 0 Å². The van der Waals surface area contributed by atoms with E-state index in [1.54, 1.807) is 18.2 Å². The van der Waals surface area contributed by atoms with E-state index in [1.807, 2.05) is 18.2 Å². The van der Waals surface area contributed by atoms with Crippen molar-refractivity contribution < 1.29 is 10.2 Å². The second-order valence-corrected chi connectivity index (χ2v) is 5.27. The molecule has 0 amide bonds. The van der Waals surface area contributed by atoms with E-state index >= 15 is 0 Å². The molecular formula is C15H14N2O2. The first-order chi connectivity index (χ1) is 9.18. The number of aromatic hydroxyl groups is 2. The largest absolute Gasteiger partial charge is 0.508 e. The Morgan fingerprint density at radius 1 is 0.895 bits per heavy atom. The summed E-state index contributed by atoms with van der Waals surface area (Å²) in [4.78, 5) is 0. The molecule has 1 saturated heterocycles. The highest BCUT2D eigenvalue weighted by Crippen LogP contribution is 2.46. The van der Waals surface area contributed by atoms with Crippen LogP contribution in [0.3, 0.4) is 0 Å². The molecule has 4 rings (SSSR count). The summed E-state index contributed by atoms with van der Waals surface area (Å²) in [5, 5.41) is 26.2. The number of phenols is 2. The van der Waals surface area contributed by atoms with E-state index < -0.39 is 0 Å². The third-order valence-corrected chi connectivity index (χ3v) is 4.04. The summed E-state index contributed by atoms with van der Waals surface area (Å²) in [5.41, 5.74) is 4.07. The highest BCUT2D eigenvalue weighted by molar-refractivity contribution is 5.86.